The van der Waals surface area contributed by atoms with E-state index < -0.39 is 24.1 Å². The zero-order chi connectivity index (χ0) is 30.3. The fourth-order valence-electron chi connectivity index (χ4n) is 4.00. The number of primary amides is 1. The van der Waals surface area contributed by atoms with Gasteiger partial charge in [-0.1, -0.05) is 69.7 Å². The first kappa shape index (κ1) is 34.7. The Kier molecular flexibility index (Phi) is 15.1. The minimum Gasteiger partial charge on any atom is -0.490 e. The van der Waals surface area contributed by atoms with E-state index >= 15 is 0 Å². The first-order valence-electron chi connectivity index (χ1n) is 13.3. The third kappa shape index (κ3) is 13.6. The zero-order valence-corrected chi connectivity index (χ0v) is 25.0. The van der Waals surface area contributed by atoms with Gasteiger partial charge in [0.05, 0.1) is 7.11 Å². The molecule has 0 aromatic heterocycles. The number of carbonyl (C=O) groups excluding carboxylic acids is 4. The van der Waals surface area contributed by atoms with Gasteiger partial charge in [-0.25, -0.2) is 9.59 Å². The summed E-state index contributed by atoms with van der Waals surface area (Å²) >= 11 is 5.84. The number of amides is 2. The lowest BCUT2D eigenvalue weighted by Crippen LogP contribution is -2.36. The summed E-state index contributed by atoms with van der Waals surface area (Å²) in [6, 6.07) is 0. The number of cyclic esters (lactones) is 1. The van der Waals surface area contributed by atoms with E-state index in [0.717, 1.165) is 0 Å². The Balaban J connectivity index is 2.61. The Morgan fingerprint density at radius 2 is 1.95 bits per heavy atom. The molecule has 0 aromatic carbocycles. The minimum atomic E-state index is -0.882. The fraction of sp³-hybridized carbons (Fsp3) is 0.533. The second kappa shape index (κ2) is 17.4. The van der Waals surface area contributed by atoms with Crippen LogP contribution in [0.15, 0.2) is 59.5 Å². The van der Waals surface area contributed by atoms with Crippen molar-refractivity contribution < 1.29 is 33.4 Å². The predicted octanol–water partition coefficient (Wildman–Crippen LogP) is 5.61. The second-order valence-corrected chi connectivity index (χ2v) is 11.3. The number of allylic oxidation sites excluding steroid dienone is 4. The van der Waals surface area contributed by atoms with Gasteiger partial charge in [0.2, 0.25) is 5.91 Å². The third-order valence-corrected chi connectivity index (χ3v) is 6.49. The molecule has 2 amide bonds. The van der Waals surface area contributed by atoms with Crippen molar-refractivity contribution in [1.82, 2.24) is 5.32 Å². The summed E-state index contributed by atoms with van der Waals surface area (Å²) in [5, 5.41) is 3.34. The Bertz CT molecular complexity index is 1030. The van der Waals surface area contributed by atoms with Crippen molar-refractivity contribution in [2.24, 2.45) is 23.0 Å². The molecule has 0 fully saturated rings. The highest BCUT2D eigenvalue weighted by Gasteiger charge is 2.31. The average molecular weight is 579 g/mol. The molecule has 0 bridgehead atoms. The van der Waals surface area contributed by atoms with Crippen LogP contribution < -0.4 is 11.1 Å². The topological polar surface area (TPSA) is 134 Å². The molecule has 0 aromatic rings. The number of methoxy groups -OCH3 is 1. The number of hydrogen-bond donors (Lipinski definition) is 2. The third-order valence-electron chi connectivity index (χ3n) is 6.34. The molecule has 4 atom stereocenters. The van der Waals surface area contributed by atoms with Crippen molar-refractivity contribution in [3.63, 3.8) is 0 Å². The molecule has 0 aliphatic carbocycles. The van der Waals surface area contributed by atoms with Gasteiger partial charge >= 0.3 is 12.1 Å². The van der Waals surface area contributed by atoms with Crippen molar-refractivity contribution >= 4 is 35.4 Å². The van der Waals surface area contributed by atoms with E-state index in [0.29, 0.717) is 30.7 Å². The van der Waals surface area contributed by atoms with E-state index in [4.69, 9.17) is 31.5 Å². The quantitative estimate of drug-likeness (QED) is 0.146. The molecule has 0 radical (unpaired) electrons. The number of carbonyl (C=O) groups is 4. The number of ketones is 1. The van der Waals surface area contributed by atoms with Crippen LogP contribution in [0.3, 0.4) is 0 Å². The molecule has 1 heterocycles. The number of nitrogens with two attached hydrogens (primary N) is 1. The lowest BCUT2D eigenvalue weighted by molar-refractivity contribution is -0.151. The maximum absolute atomic E-state index is 12.9. The molecule has 0 saturated carbocycles. The Morgan fingerprint density at radius 3 is 2.52 bits per heavy atom. The van der Waals surface area contributed by atoms with E-state index in [1.54, 1.807) is 37.3 Å². The van der Waals surface area contributed by atoms with Gasteiger partial charge in [0.25, 0.3) is 0 Å². The van der Waals surface area contributed by atoms with Crippen molar-refractivity contribution in [2.45, 2.75) is 78.9 Å². The smallest absolute Gasteiger partial charge is 0.404 e. The van der Waals surface area contributed by atoms with Crippen LogP contribution in [0, 0.1) is 17.3 Å². The van der Waals surface area contributed by atoms with E-state index in [2.05, 4.69) is 5.32 Å². The number of esters is 1. The number of rotatable bonds is 15. The fourth-order valence-corrected chi connectivity index (χ4v) is 4.09. The minimum absolute atomic E-state index is 0.0427. The SMILES string of the molecule is COC1=CC[C@@H]([C@@H](C)/C=C\C=C/C(=O)CC[C@H](C(=O)N/C=C\C[C@H](C/C=C(\C)Cl)OC(N)=O)C(C)(C)C)OC1=O. The average Bonchev–Trinajstić information content (AvgIpc) is 2.86. The maximum atomic E-state index is 12.9. The van der Waals surface area contributed by atoms with Crippen LogP contribution in [0.4, 0.5) is 4.79 Å². The lowest BCUT2D eigenvalue weighted by atomic mass is 9.77. The van der Waals surface area contributed by atoms with Crippen molar-refractivity contribution in [3.8, 4) is 0 Å². The molecule has 9 nitrogen and oxygen atoms in total. The van der Waals surface area contributed by atoms with E-state index in [9.17, 15) is 19.2 Å². The van der Waals surface area contributed by atoms with E-state index in [1.807, 2.05) is 33.8 Å². The molecule has 0 unspecified atom stereocenters. The van der Waals surface area contributed by atoms with Crippen molar-refractivity contribution in [3.05, 3.63) is 59.5 Å². The molecule has 10 heteroatoms. The molecule has 0 saturated heterocycles. The normalized spacial score (nSPS) is 18.8. The summed E-state index contributed by atoms with van der Waals surface area (Å²) < 4.78 is 15.4. The summed E-state index contributed by atoms with van der Waals surface area (Å²) in [5.74, 6) is -1.01. The molecular formula is C30H43ClN2O7. The highest BCUT2D eigenvalue weighted by molar-refractivity contribution is 6.29. The van der Waals surface area contributed by atoms with Gasteiger partial charge in [-0.3, -0.25) is 9.59 Å². The summed E-state index contributed by atoms with van der Waals surface area (Å²) in [5.41, 5.74) is 4.76. The molecule has 0 spiro atoms. The van der Waals surface area contributed by atoms with E-state index in [1.165, 1.54) is 19.4 Å². The monoisotopic (exact) mass is 578 g/mol. The molecule has 40 heavy (non-hydrogen) atoms. The summed E-state index contributed by atoms with van der Waals surface area (Å²) in [6.07, 6.45) is 13.6. The highest BCUT2D eigenvalue weighted by Crippen LogP contribution is 2.30. The number of nitrogens with one attached hydrogen (secondary N) is 1. The summed E-state index contributed by atoms with van der Waals surface area (Å²) in [7, 11) is 1.43. The number of hydrogen-bond acceptors (Lipinski definition) is 7. The van der Waals surface area contributed by atoms with Gasteiger partial charge < -0.3 is 25.3 Å². The molecular weight excluding hydrogens is 536 g/mol. The van der Waals surface area contributed by atoms with Gasteiger partial charge in [-0.2, -0.15) is 0 Å². The lowest BCUT2D eigenvalue weighted by Gasteiger charge is -2.29. The Hall–Kier alpha value is -3.33. The number of ether oxygens (including phenoxy) is 3. The van der Waals surface area contributed by atoms with Crippen LogP contribution >= 0.6 is 11.6 Å². The van der Waals surface area contributed by atoms with E-state index in [-0.39, 0.29) is 41.3 Å². The molecule has 1 aliphatic heterocycles. The molecule has 222 valence electrons. The van der Waals surface area contributed by atoms with Gasteiger partial charge in [0.1, 0.15) is 12.2 Å². The van der Waals surface area contributed by atoms with Crippen molar-refractivity contribution in [2.75, 3.05) is 7.11 Å². The number of halogens is 1. The highest BCUT2D eigenvalue weighted by atomic mass is 35.5. The first-order valence-corrected chi connectivity index (χ1v) is 13.7. The predicted molar refractivity (Wildman–Crippen MR) is 155 cm³/mol. The molecule has 3 N–H and O–H groups in total. The maximum Gasteiger partial charge on any atom is 0.404 e. The van der Waals surface area contributed by atoms with Crippen LogP contribution in [0.1, 0.15) is 66.7 Å². The van der Waals surface area contributed by atoms with Gasteiger partial charge in [-0.15, -0.1) is 0 Å². The van der Waals surface area contributed by atoms with Crippen LogP contribution in [-0.2, 0) is 28.6 Å². The van der Waals surface area contributed by atoms with Crippen LogP contribution in [-0.4, -0.2) is 43.1 Å². The standard InChI is InChI=1S/C30H43ClN2O7/c1-20(25-17-18-26(38-6)28(36)40-25)10-7-8-11-22(34)14-16-24(30(3,4)5)27(35)33-19-9-12-23(39-29(32)37)15-13-21(2)31/h7-11,13,18-20,23-25H,12,14-17H2,1-6H3,(H2,32,37)(H,33,35)/b10-7-,11-8-,19-9-,21-13+/t20-,23+,24+,25-/m0/s1. The molecule has 1 rings (SSSR count). The van der Waals surface area contributed by atoms with Gasteiger partial charge in [-0.05, 0) is 37.1 Å². The first-order chi connectivity index (χ1) is 18.7. The van der Waals surface area contributed by atoms with Gasteiger partial charge in [0.15, 0.2) is 11.5 Å². The Labute approximate surface area is 242 Å². The zero-order valence-electron chi connectivity index (χ0n) is 24.3. The Morgan fingerprint density at radius 1 is 1.25 bits per heavy atom. The van der Waals surface area contributed by atoms with Crippen molar-refractivity contribution in [1.29, 1.82) is 0 Å². The van der Waals surface area contributed by atoms with Crippen LogP contribution in [0.2, 0.25) is 0 Å². The summed E-state index contributed by atoms with van der Waals surface area (Å²) in [6.45, 7) is 9.50. The molecule has 1 aliphatic rings. The summed E-state index contributed by atoms with van der Waals surface area (Å²) in [4.78, 5) is 48.3. The van der Waals surface area contributed by atoms with Crippen LogP contribution in [0.25, 0.3) is 0 Å². The van der Waals surface area contributed by atoms with Gasteiger partial charge in [0, 0.05) is 42.6 Å². The van der Waals surface area contributed by atoms with Crippen LogP contribution in [0.5, 0.6) is 0 Å². The second-order valence-electron chi connectivity index (χ2n) is 10.7. The largest absolute Gasteiger partial charge is 0.490 e.